The lowest BCUT2D eigenvalue weighted by Crippen LogP contribution is -1.79. The van der Waals surface area contributed by atoms with E-state index in [1.54, 1.807) is 11.3 Å². The molecule has 0 aliphatic rings. The Balaban J connectivity index is 1.99. The lowest BCUT2D eigenvalue weighted by atomic mass is 10.0. The Morgan fingerprint density at radius 2 is 0.917 bits per heavy atom. The highest BCUT2D eigenvalue weighted by atomic mass is 32.1. The summed E-state index contributed by atoms with van der Waals surface area (Å²) in [5.41, 5.74) is 4.11. The molecule has 0 aliphatic carbocycles. The number of hydrogen-bond donors (Lipinski definition) is 1. The van der Waals surface area contributed by atoms with Crippen molar-refractivity contribution < 1.29 is 5.11 Å². The zero-order valence-corrected chi connectivity index (χ0v) is 13.8. The van der Waals surface area contributed by atoms with Gasteiger partial charge in [0.25, 0.3) is 0 Å². The number of rotatable bonds is 3. The van der Waals surface area contributed by atoms with Crippen LogP contribution in [0.5, 0.6) is 5.75 Å². The van der Waals surface area contributed by atoms with E-state index < -0.39 is 0 Å². The molecule has 1 aromatic heterocycles. The van der Waals surface area contributed by atoms with Crippen LogP contribution in [-0.2, 0) is 0 Å². The highest BCUT2D eigenvalue weighted by Crippen LogP contribution is 2.51. The maximum atomic E-state index is 11.0. The second-order valence-corrected chi connectivity index (χ2v) is 6.60. The van der Waals surface area contributed by atoms with Crippen molar-refractivity contribution in [1.29, 1.82) is 0 Å². The molecule has 3 aromatic carbocycles. The van der Waals surface area contributed by atoms with Crippen LogP contribution in [0.25, 0.3) is 32.0 Å². The summed E-state index contributed by atoms with van der Waals surface area (Å²) in [6.45, 7) is 0. The maximum absolute atomic E-state index is 11.0. The average molecular weight is 328 g/mol. The summed E-state index contributed by atoms with van der Waals surface area (Å²) in [6, 6.07) is 30.4. The van der Waals surface area contributed by atoms with E-state index in [1.807, 2.05) is 78.9 Å². The summed E-state index contributed by atoms with van der Waals surface area (Å²) < 4.78 is 0. The second kappa shape index (κ2) is 6.34. The van der Waals surface area contributed by atoms with Gasteiger partial charge in [-0.05, 0) is 16.7 Å². The predicted molar refractivity (Wildman–Crippen MR) is 102 cm³/mol. The largest absolute Gasteiger partial charge is 0.506 e. The molecule has 0 fully saturated rings. The first-order chi connectivity index (χ1) is 11.8. The van der Waals surface area contributed by atoms with E-state index in [1.165, 1.54) is 0 Å². The third-order valence-electron chi connectivity index (χ3n) is 4.02. The summed E-state index contributed by atoms with van der Waals surface area (Å²) in [4.78, 5) is 2.01. The van der Waals surface area contributed by atoms with Crippen LogP contribution < -0.4 is 0 Å². The van der Waals surface area contributed by atoms with Crippen LogP contribution >= 0.6 is 11.3 Å². The first-order valence-electron chi connectivity index (χ1n) is 7.86. The van der Waals surface area contributed by atoms with Crippen LogP contribution in [-0.4, -0.2) is 5.11 Å². The predicted octanol–water partition coefficient (Wildman–Crippen LogP) is 6.45. The van der Waals surface area contributed by atoms with Crippen molar-refractivity contribution >= 4 is 11.3 Å². The standard InChI is InChI=1S/C22H16OS/c23-20-19(16-10-4-1-5-11-16)21(17-12-6-2-7-13-17)24-22(20)18-14-8-3-9-15-18/h1-15,23H. The van der Waals surface area contributed by atoms with E-state index in [0.717, 1.165) is 32.0 Å². The van der Waals surface area contributed by atoms with Gasteiger partial charge in [-0.2, -0.15) is 0 Å². The molecule has 24 heavy (non-hydrogen) atoms. The molecule has 0 bridgehead atoms. The van der Waals surface area contributed by atoms with Gasteiger partial charge in [0.05, 0.1) is 4.88 Å². The smallest absolute Gasteiger partial charge is 0.142 e. The zero-order chi connectivity index (χ0) is 16.4. The molecule has 1 nitrogen and oxygen atoms in total. The van der Waals surface area contributed by atoms with Crippen molar-refractivity contribution in [3.8, 4) is 37.8 Å². The molecule has 116 valence electrons. The Kier molecular flexibility index (Phi) is 3.89. The van der Waals surface area contributed by atoms with Crippen molar-refractivity contribution in [3.05, 3.63) is 91.0 Å². The Morgan fingerprint density at radius 3 is 1.42 bits per heavy atom. The van der Waals surface area contributed by atoms with Gasteiger partial charge in [0.1, 0.15) is 5.75 Å². The number of benzene rings is 3. The molecule has 0 unspecified atom stereocenters. The Morgan fingerprint density at radius 1 is 0.500 bits per heavy atom. The topological polar surface area (TPSA) is 20.2 Å². The minimum atomic E-state index is 0.358. The van der Waals surface area contributed by atoms with Crippen LogP contribution in [0.15, 0.2) is 91.0 Å². The molecule has 0 aliphatic heterocycles. The van der Waals surface area contributed by atoms with Gasteiger partial charge in [-0.15, -0.1) is 11.3 Å². The molecule has 0 saturated carbocycles. The Hall–Kier alpha value is -2.84. The summed E-state index contributed by atoms with van der Waals surface area (Å²) in [5.74, 6) is 0.358. The van der Waals surface area contributed by atoms with Crippen molar-refractivity contribution in [3.63, 3.8) is 0 Å². The molecule has 4 aromatic rings. The number of thiophene rings is 1. The first-order valence-corrected chi connectivity index (χ1v) is 8.68. The molecule has 0 spiro atoms. The van der Waals surface area contributed by atoms with Gasteiger partial charge in [0, 0.05) is 10.4 Å². The lowest BCUT2D eigenvalue weighted by molar-refractivity contribution is 0.481. The molecule has 0 radical (unpaired) electrons. The van der Waals surface area contributed by atoms with Gasteiger partial charge in [-0.3, -0.25) is 0 Å². The molecule has 0 amide bonds. The summed E-state index contributed by atoms with van der Waals surface area (Å²) >= 11 is 1.64. The second-order valence-electron chi connectivity index (χ2n) is 5.58. The third-order valence-corrected chi connectivity index (χ3v) is 5.29. The molecule has 0 saturated heterocycles. The summed E-state index contributed by atoms with van der Waals surface area (Å²) in [6.07, 6.45) is 0. The normalized spacial score (nSPS) is 10.7. The third kappa shape index (κ3) is 2.61. The molecular weight excluding hydrogens is 312 g/mol. The maximum Gasteiger partial charge on any atom is 0.142 e. The van der Waals surface area contributed by atoms with E-state index in [2.05, 4.69) is 12.1 Å². The highest BCUT2D eigenvalue weighted by Gasteiger charge is 2.20. The summed E-state index contributed by atoms with van der Waals surface area (Å²) in [7, 11) is 0. The molecule has 2 heteroatoms. The van der Waals surface area contributed by atoms with Crippen LogP contribution in [0.1, 0.15) is 0 Å². The molecular formula is C22H16OS. The Labute approximate surface area is 145 Å². The van der Waals surface area contributed by atoms with Crippen LogP contribution in [0, 0.1) is 0 Å². The van der Waals surface area contributed by atoms with E-state index in [4.69, 9.17) is 0 Å². The van der Waals surface area contributed by atoms with E-state index >= 15 is 0 Å². The lowest BCUT2D eigenvalue weighted by Gasteiger charge is -2.05. The zero-order valence-electron chi connectivity index (χ0n) is 13.0. The van der Waals surface area contributed by atoms with Gasteiger partial charge < -0.3 is 5.11 Å². The van der Waals surface area contributed by atoms with Crippen LogP contribution in [0.2, 0.25) is 0 Å². The van der Waals surface area contributed by atoms with Crippen molar-refractivity contribution in [2.75, 3.05) is 0 Å². The molecule has 1 heterocycles. The molecule has 0 atom stereocenters. The number of hydrogen-bond acceptors (Lipinski definition) is 2. The fraction of sp³-hybridized carbons (Fsp3) is 0. The highest BCUT2D eigenvalue weighted by molar-refractivity contribution is 7.20. The first kappa shape index (κ1) is 14.7. The van der Waals surface area contributed by atoms with Gasteiger partial charge in [0.2, 0.25) is 0 Å². The van der Waals surface area contributed by atoms with Crippen molar-refractivity contribution in [1.82, 2.24) is 0 Å². The van der Waals surface area contributed by atoms with Crippen LogP contribution in [0.3, 0.4) is 0 Å². The van der Waals surface area contributed by atoms with Gasteiger partial charge >= 0.3 is 0 Å². The van der Waals surface area contributed by atoms with E-state index in [9.17, 15) is 5.11 Å². The van der Waals surface area contributed by atoms with Gasteiger partial charge in [-0.25, -0.2) is 0 Å². The van der Waals surface area contributed by atoms with Gasteiger partial charge in [-0.1, -0.05) is 91.0 Å². The van der Waals surface area contributed by atoms with E-state index in [0.29, 0.717) is 5.75 Å². The Bertz CT molecular complexity index is 941. The molecule has 4 rings (SSSR count). The summed E-state index contributed by atoms with van der Waals surface area (Å²) in [5, 5.41) is 11.0. The average Bonchev–Trinajstić information content (AvgIpc) is 3.01. The van der Waals surface area contributed by atoms with Gasteiger partial charge in [0.15, 0.2) is 0 Å². The van der Waals surface area contributed by atoms with Crippen molar-refractivity contribution in [2.45, 2.75) is 0 Å². The fourth-order valence-electron chi connectivity index (χ4n) is 2.87. The monoisotopic (exact) mass is 328 g/mol. The minimum Gasteiger partial charge on any atom is -0.506 e. The quantitative estimate of drug-likeness (QED) is 0.458. The number of aromatic hydroxyl groups is 1. The fourth-order valence-corrected chi connectivity index (χ4v) is 4.10. The van der Waals surface area contributed by atoms with Crippen LogP contribution in [0.4, 0.5) is 0 Å². The molecule has 1 N–H and O–H groups in total. The van der Waals surface area contributed by atoms with Crippen molar-refractivity contribution in [2.24, 2.45) is 0 Å². The van der Waals surface area contributed by atoms with E-state index in [-0.39, 0.29) is 0 Å². The minimum absolute atomic E-state index is 0.358. The SMILES string of the molecule is Oc1c(-c2ccccc2)sc(-c2ccccc2)c1-c1ccccc1.